The number of carbonyl (C=O) groups is 1. The maximum absolute atomic E-state index is 13.1. The molecule has 31 heavy (non-hydrogen) atoms. The molecule has 1 aliphatic carbocycles. The highest BCUT2D eigenvalue weighted by Crippen LogP contribution is 2.37. The second kappa shape index (κ2) is 8.74. The smallest absolute Gasteiger partial charge is 0.225 e. The van der Waals surface area contributed by atoms with Gasteiger partial charge in [-0.15, -0.1) is 0 Å². The maximum atomic E-state index is 13.1. The topological polar surface area (TPSA) is 50.2 Å². The number of anilines is 1. The quantitative estimate of drug-likeness (QED) is 0.618. The van der Waals surface area contributed by atoms with Crippen LogP contribution in [0.2, 0.25) is 0 Å². The third-order valence-electron chi connectivity index (χ3n) is 7.00. The Kier molecular flexibility index (Phi) is 5.66. The van der Waals surface area contributed by atoms with Crippen molar-refractivity contribution < 1.29 is 4.79 Å². The molecule has 0 spiro atoms. The van der Waals surface area contributed by atoms with E-state index in [1.54, 1.807) is 0 Å². The molecule has 2 aliphatic rings. The van der Waals surface area contributed by atoms with Gasteiger partial charge >= 0.3 is 0 Å². The molecule has 5 heteroatoms. The van der Waals surface area contributed by atoms with E-state index in [4.69, 9.17) is 4.98 Å². The van der Waals surface area contributed by atoms with Crippen molar-refractivity contribution in [2.75, 3.05) is 18.0 Å². The van der Waals surface area contributed by atoms with Gasteiger partial charge in [0.2, 0.25) is 11.9 Å². The SMILES string of the molecule is C[C@H](NC(=O)[C@H]1CCCN(c2nc3ccccc3n2C2CCCC2)C1)c1ccccc1. The van der Waals surface area contributed by atoms with E-state index in [9.17, 15) is 4.79 Å². The van der Waals surface area contributed by atoms with Crippen molar-refractivity contribution in [3.05, 3.63) is 60.2 Å². The third-order valence-corrected chi connectivity index (χ3v) is 7.00. The Morgan fingerprint density at radius 2 is 1.74 bits per heavy atom. The van der Waals surface area contributed by atoms with E-state index in [1.807, 2.05) is 18.2 Å². The zero-order valence-electron chi connectivity index (χ0n) is 18.3. The molecular formula is C26H32N4O. The zero-order chi connectivity index (χ0) is 21.2. The first-order valence-corrected chi connectivity index (χ1v) is 11.8. The lowest BCUT2D eigenvalue weighted by atomic mass is 9.96. The molecule has 0 radical (unpaired) electrons. The predicted octanol–water partition coefficient (Wildman–Crippen LogP) is 5.25. The summed E-state index contributed by atoms with van der Waals surface area (Å²) < 4.78 is 2.47. The van der Waals surface area contributed by atoms with Crippen LogP contribution in [0.1, 0.15) is 63.1 Å². The van der Waals surface area contributed by atoms with Crippen LogP contribution in [-0.2, 0) is 4.79 Å². The van der Waals surface area contributed by atoms with Crippen LogP contribution < -0.4 is 10.2 Å². The highest BCUT2D eigenvalue weighted by molar-refractivity contribution is 5.81. The summed E-state index contributed by atoms with van der Waals surface area (Å²) in [6.07, 6.45) is 6.98. The number of carbonyl (C=O) groups excluding carboxylic acids is 1. The Labute approximate surface area is 184 Å². The van der Waals surface area contributed by atoms with Crippen LogP contribution in [0.4, 0.5) is 5.95 Å². The summed E-state index contributed by atoms with van der Waals surface area (Å²) in [6.45, 7) is 3.77. The van der Waals surface area contributed by atoms with Gasteiger partial charge in [0.15, 0.2) is 0 Å². The molecule has 1 aromatic heterocycles. The van der Waals surface area contributed by atoms with Gasteiger partial charge < -0.3 is 14.8 Å². The molecule has 5 rings (SSSR count). The number of benzene rings is 2. The van der Waals surface area contributed by atoms with E-state index in [2.05, 4.69) is 58.1 Å². The summed E-state index contributed by atoms with van der Waals surface area (Å²) in [7, 11) is 0. The first-order valence-electron chi connectivity index (χ1n) is 11.8. The summed E-state index contributed by atoms with van der Waals surface area (Å²) in [6, 6.07) is 19.2. The van der Waals surface area contributed by atoms with Gasteiger partial charge in [0, 0.05) is 19.1 Å². The number of nitrogens with zero attached hydrogens (tertiary/aromatic N) is 3. The van der Waals surface area contributed by atoms with Crippen LogP contribution in [-0.4, -0.2) is 28.5 Å². The molecule has 1 amide bonds. The van der Waals surface area contributed by atoms with Crippen molar-refractivity contribution in [1.29, 1.82) is 0 Å². The number of hydrogen-bond donors (Lipinski definition) is 1. The fraction of sp³-hybridized carbons (Fsp3) is 0.462. The van der Waals surface area contributed by atoms with Crippen molar-refractivity contribution in [2.24, 2.45) is 5.92 Å². The number of nitrogens with one attached hydrogen (secondary N) is 1. The lowest BCUT2D eigenvalue weighted by Gasteiger charge is -2.34. The van der Waals surface area contributed by atoms with E-state index in [1.165, 1.54) is 31.2 Å². The molecule has 1 N–H and O–H groups in total. The molecule has 162 valence electrons. The largest absolute Gasteiger partial charge is 0.349 e. The van der Waals surface area contributed by atoms with E-state index in [0.29, 0.717) is 6.04 Å². The van der Waals surface area contributed by atoms with Gasteiger partial charge in [-0.25, -0.2) is 4.98 Å². The highest BCUT2D eigenvalue weighted by Gasteiger charge is 2.31. The van der Waals surface area contributed by atoms with Gasteiger partial charge in [-0.3, -0.25) is 4.79 Å². The van der Waals surface area contributed by atoms with Crippen molar-refractivity contribution in [1.82, 2.24) is 14.9 Å². The van der Waals surface area contributed by atoms with Gasteiger partial charge in [0.25, 0.3) is 0 Å². The molecule has 2 aromatic carbocycles. The Bertz CT molecular complexity index is 1040. The van der Waals surface area contributed by atoms with E-state index in [-0.39, 0.29) is 17.9 Å². The first-order chi connectivity index (χ1) is 15.2. The van der Waals surface area contributed by atoms with Crippen molar-refractivity contribution in [3.63, 3.8) is 0 Å². The van der Waals surface area contributed by atoms with Crippen molar-refractivity contribution >= 4 is 22.9 Å². The van der Waals surface area contributed by atoms with Gasteiger partial charge in [0.1, 0.15) is 0 Å². The summed E-state index contributed by atoms with van der Waals surface area (Å²) in [4.78, 5) is 20.5. The summed E-state index contributed by atoms with van der Waals surface area (Å²) >= 11 is 0. The Balaban J connectivity index is 1.36. The monoisotopic (exact) mass is 416 g/mol. The average Bonchev–Trinajstić information content (AvgIpc) is 3.47. The van der Waals surface area contributed by atoms with Crippen LogP contribution in [0.5, 0.6) is 0 Å². The third kappa shape index (κ3) is 4.06. The van der Waals surface area contributed by atoms with Crippen molar-refractivity contribution in [3.8, 4) is 0 Å². The van der Waals surface area contributed by atoms with Crippen LogP contribution in [0, 0.1) is 5.92 Å². The number of amides is 1. The van der Waals surface area contributed by atoms with Crippen LogP contribution in [0.25, 0.3) is 11.0 Å². The fourth-order valence-electron chi connectivity index (χ4n) is 5.31. The summed E-state index contributed by atoms with van der Waals surface area (Å²) in [5.74, 6) is 1.21. The van der Waals surface area contributed by atoms with Crippen LogP contribution in [0.15, 0.2) is 54.6 Å². The van der Waals surface area contributed by atoms with Gasteiger partial charge in [-0.1, -0.05) is 55.3 Å². The van der Waals surface area contributed by atoms with Crippen molar-refractivity contribution in [2.45, 2.75) is 57.5 Å². The van der Waals surface area contributed by atoms with Crippen LogP contribution in [0.3, 0.4) is 0 Å². The van der Waals surface area contributed by atoms with E-state index >= 15 is 0 Å². The number of aromatic nitrogens is 2. The number of imidazole rings is 1. The molecule has 0 bridgehead atoms. The average molecular weight is 417 g/mol. The highest BCUT2D eigenvalue weighted by atomic mass is 16.2. The second-order valence-electron chi connectivity index (χ2n) is 9.13. The van der Waals surface area contributed by atoms with E-state index in [0.717, 1.165) is 43.0 Å². The minimum atomic E-state index is -0.00301. The maximum Gasteiger partial charge on any atom is 0.225 e. The molecule has 1 saturated carbocycles. The molecule has 3 aromatic rings. The Morgan fingerprint density at radius 1 is 1.00 bits per heavy atom. The summed E-state index contributed by atoms with van der Waals surface area (Å²) in [5, 5.41) is 3.24. The molecule has 1 saturated heterocycles. The van der Waals surface area contributed by atoms with Gasteiger partial charge in [-0.05, 0) is 50.3 Å². The lowest BCUT2D eigenvalue weighted by Crippen LogP contribution is -2.44. The normalized spacial score (nSPS) is 20.8. The minimum absolute atomic E-state index is 0.00301. The Hall–Kier alpha value is -2.82. The standard InChI is InChI=1S/C26H32N4O/c1-19(20-10-3-2-4-11-20)27-25(31)21-12-9-17-29(18-21)26-28-23-15-7-8-16-24(23)30(26)22-13-5-6-14-22/h2-4,7-8,10-11,15-16,19,21-22H,5-6,9,12-14,17-18H2,1H3,(H,27,31)/t19-,21-/m0/s1. The number of fused-ring (bicyclic) bond motifs is 1. The molecule has 2 fully saturated rings. The van der Waals surface area contributed by atoms with Crippen LogP contribution >= 0.6 is 0 Å². The second-order valence-corrected chi connectivity index (χ2v) is 9.13. The number of para-hydroxylation sites is 2. The number of hydrogen-bond acceptors (Lipinski definition) is 3. The molecule has 1 aliphatic heterocycles. The summed E-state index contributed by atoms with van der Waals surface area (Å²) in [5.41, 5.74) is 3.44. The number of rotatable bonds is 5. The molecule has 5 nitrogen and oxygen atoms in total. The number of piperidine rings is 1. The molecule has 0 unspecified atom stereocenters. The predicted molar refractivity (Wildman–Crippen MR) is 125 cm³/mol. The molecule has 2 atom stereocenters. The lowest BCUT2D eigenvalue weighted by molar-refractivity contribution is -0.125. The minimum Gasteiger partial charge on any atom is -0.349 e. The molecule has 2 heterocycles. The first kappa shape index (κ1) is 20.1. The fourth-order valence-corrected chi connectivity index (χ4v) is 5.31. The molecular weight excluding hydrogens is 384 g/mol. The van der Waals surface area contributed by atoms with E-state index < -0.39 is 0 Å². The van der Waals surface area contributed by atoms with Gasteiger partial charge in [-0.2, -0.15) is 0 Å². The van der Waals surface area contributed by atoms with Gasteiger partial charge in [0.05, 0.1) is 23.0 Å². The Morgan fingerprint density at radius 3 is 2.55 bits per heavy atom. The zero-order valence-corrected chi connectivity index (χ0v) is 18.3.